The predicted octanol–water partition coefficient (Wildman–Crippen LogP) is 1.34. The van der Waals surface area contributed by atoms with Crippen LogP contribution >= 0.6 is 0 Å². The number of hydrogen-bond acceptors (Lipinski definition) is 5. The molecular weight excluding hydrogens is 376 g/mol. The van der Waals surface area contributed by atoms with Gasteiger partial charge in [-0.1, -0.05) is 6.07 Å². The minimum atomic E-state index is -0.451. The van der Waals surface area contributed by atoms with Crippen molar-refractivity contribution in [1.29, 1.82) is 0 Å². The molecule has 0 fully saturated rings. The van der Waals surface area contributed by atoms with Gasteiger partial charge < -0.3 is 19.4 Å². The van der Waals surface area contributed by atoms with Gasteiger partial charge in [0.1, 0.15) is 17.1 Å². The minimum Gasteiger partial charge on any atom is -0.497 e. The number of benzene rings is 1. The number of nitrogens with zero attached hydrogens (tertiary/aromatic N) is 3. The first-order valence-electron chi connectivity index (χ1n) is 9.12. The normalized spacial score (nSPS) is 11.0. The van der Waals surface area contributed by atoms with E-state index in [1.807, 2.05) is 0 Å². The standard InChI is InChI=1S/C20H24N4O5/c1-22-18-15(19(26)23(2)20(22)27)12-16(24(18)9-6-10-28-3)17(25)21-13-7-5-8-14(11-13)29-4/h5,7-8,11-12H,6,9-10H2,1-4H3,(H,21,25). The van der Waals surface area contributed by atoms with E-state index < -0.39 is 11.2 Å². The van der Waals surface area contributed by atoms with E-state index in [4.69, 9.17) is 9.47 Å². The Kier molecular flexibility index (Phi) is 5.88. The lowest BCUT2D eigenvalue weighted by molar-refractivity contribution is 0.101. The fourth-order valence-electron chi connectivity index (χ4n) is 3.32. The Bertz CT molecular complexity index is 1170. The third-order valence-electron chi connectivity index (χ3n) is 4.79. The molecule has 0 saturated heterocycles. The largest absolute Gasteiger partial charge is 0.497 e. The first kappa shape index (κ1) is 20.4. The lowest BCUT2D eigenvalue weighted by Crippen LogP contribution is -2.37. The monoisotopic (exact) mass is 400 g/mol. The maximum absolute atomic E-state index is 13.0. The zero-order valence-corrected chi connectivity index (χ0v) is 16.9. The van der Waals surface area contributed by atoms with Crippen LogP contribution in [-0.2, 0) is 25.4 Å². The zero-order valence-electron chi connectivity index (χ0n) is 16.9. The summed E-state index contributed by atoms with van der Waals surface area (Å²) in [7, 11) is 6.14. The number of aryl methyl sites for hydroxylation is 2. The van der Waals surface area contributed by atoms with Gasteiger partial charge in [-0.3, -0.25) is 18.7 Å². The lowest BCUT2D eigenvalue weighted by atomic mass is 10.2. The topological polar surface area (TPSA) is 96.5 Å². The first-order chi connectivity index (χ1) is 13.9. The van der Waals surface area contributed by atoms with Gasteiger partial charge in [-0.05, 0) is 24.6 Å². The predicted molar refractivity (Wildman–Crippen MR) is 110 cm³/mol. The van der Waals surface area contributed by atoms with Crippen molar-refractivity contribution in [1.82, 2.24) is 13.7 Å². The van der Waals surface area contributed by atoms with E-state index in [9.17, 15) is 14.4 Å². The van der Waals surface area contributed by atoms with Crippen molar-refractivity contribution in [3.05, 3.63) is 56.9 Å². The van der Waals surface area contributed by atoms with Crippen LogP contribution < -0.4 is 21.3 Å². The maximum Gasteiger partial charge on any atom is 0.332 e. The van der Waals surface area contributed by atoms with Crippen LogP contribution in [0.3, 0.4) is 0 Å². The molecule has 0 radical (unpaired) electrons. The Morgan fingerprint density at radius 2 is 1.86 bits per heavy atom. The van der Waals surface area contributed by atoms with Crippen LogP contribution in [-0.4, -0.2) is 40.4 Å². The molecule has 0 aliphatic heterocycles. The van der Waals surface area contributed by atoms with E-state index in [1.54, 1.807) is 50.1 Å². The van der Waals surface area contributed by atoms with Crippen LogP contribution in [0.25, 0.3) is 11.0 Å². The van der Waals surface area contributed by atoms with Gasteiger partial charge in [0.2, 0.25) is 0 Å². The highest BCUT2D eigenvalue weighted by molar-refractivity contribution is 6.06. The van der Waals surface area contributed by atoms with E-state index in [0.29, 0.717) is 42.0 Å². The molecular formula is C20H24N4O5. The number of carbonyl (C=O) groups excluding carboxylic acids is 1. The molecule has 0 atom stereocenters. The van der Waals surface area contributed by atoms with Crippen LogP contribution in [0.5, 0.6) is 5.75 Å². The van der Waals surface area contributed by atoms with Gasteiger partial charge in [0, 0.05) is 46.1 Å². The van der Waals surface area contributed by atoms with Gasteiger partial charge in [0.15, 0.2) is 0 Å². The Morgan fingerprint density at radius 1 is 1.10 bits per heavy atom. The quantitative estimate of drug-likeness (QED) is 0.604. The highest BCUT2D eigenvalue weighted by atomic mass is 16.5. The van der Waals surface area contributed by atoms with Crippen LogP contribution in [0.2, 0.25) is 0 Å². The van der Waals surface area contributed by atoms with E-state index >= 15 is 0 Å². The average molecular weight is 400 g/mol. The molecule has 1 aromatic carbocycles. The molecule has 0 saturated carbocycles. The molecule has 154 valence electrons. The van der Waals surface area contributed by atoms with Gasteiger partial charge in [0.25, 0.3) is 11.5 Å². The molecule has 1 amide bonds. The Balaban J connectivity index is 2.12. The molecule has 2 heterocycles. The summed E-state index contributed by atoms with van der Waals surface area (Å²) in [5.74, 6) is 0.223. The Labute approximate surface area is 167 Å². The molecule has 9 nitrogen and oxygen atoms in total. The number of carbonyl (C=O) groups is 1. The van der Waals surface area contributed by atoms with Crippen molar-refractivity contribution in [3.8, 4) is 5.75 Å². The summed E-state index contributed by atoms with van der Waals surface area (Å²) in [5, 5.41) is 3.13. The van der Waals surface area contributed by atoms with Crippen LogP contribution in [0, 0.1) is 0 Å². The van der Waals surface area contributed by atoms with Gasteiger partial charge in [-0.2, -0.15) is 0 Å². The number of amides is 1. The van der Waals surface area contributed by atoms with Crippen LogP contribution in [0.1, 0.15) is 16.9 Å². The van der Waals surface area contributed by atoms with Crippen LogP contribution in [0.4, 0.5) is 5.69 Å². The van der Waals surface area contributed by atoms with Crippen molar-refractivity contribution in [3.63, 3.8) is 0 Å². The van der Waals surface area contributed by atoms with Crippen molar-refractivity contribution >= 4 is 22.6 Å². The van der Waals surface area contributed by atoms with Gasteiger partial charge >= 0.3 is 5.69 Å². The summed E-state index contributed by atoms with van der Waals surface area (Å²) in [6.07, 6.45) is 0.614. The van der Waals surface area contributed by atoms with Gasteiger partial charge in [-0.25, -0.2) is 4.79 Å². The van der Waals surface area contributed by atoms with E-state index in [2.05, 4.69) is 5.32 Å². The third kappa shape index (κ3) is 3.81. The third-order valence-corrected chi connectivity index (χ3v) is 4.79. The Hall–Kier alpha value is -3.33. The van der Waals surface area contributed by atoms with Crippen molar-refractivity contribution < 1.29 is 14.3 Å². The minimum absolute atomic E-state index is 0.289. The average Bonchev–Trinajstić information content (AvgIpc) is 3.11. The number of anilines is 1. The summed E-state index contributed by atoms with van der Waals surface area (Å²) in [6.45, 7) is 0.897. The van der Waals surface area contributed by atoms with Crippen LogP contribution in [0.15, 0.2) is 39.9 Å². The number of hydrogen-bond donors (Lipinski definition) is 1. The molecule has 0 unspecified atom stereocenters. The first-order valence-corrected chi connectivity index (χ1v) is 9.12. The van der Waals surface area contributed by atoms with E-state index in [-0.39, 0.29) is 11.6 Å². The summed E-state index contributed by atoms with van der Waals surface area (Å²) in [4.78, 5) is 38.1. The molecule has 3 rings (SSSR count). The Morgan fingerprint density at radius 3 is 2.55 bits per heavy atom. The molecule has 1 N–H and O–H groups in total. The smallest absolute Gasteiger partial charge is 0.332 e. The number of rotatable bonds is 7. The molecule has 3 aromatic rings. The highest BCUT2D eigenvalue weighted by Gasteiger charge is 2.21. The SMILES string of the molecule is COCCCn1c(C(=O)Nc2cccc(OC)c2)cc2c(=O)n(C)c(=O)n(C)c21. The molecule has 0 bridgehead atoms. The maximum atomic E-state index is 13.0. The number of fused-ring (bicyclic) bond motifs is 1. The lowest BCUT2D eigenvalue weighted by Gasteiger charge is -2.13. The number of ether oxygens (including phenoxy) is 2. The number of aromatic nitrogens is 3. The van der Waals surface area contributed by atoms with Gasteiger partial charge in [-0.15, -0.1) is 0 Å². The summed E-state index contributed by atoms with van der Waals surface area (Å²) >= 11 is 0. The number of methoxy groups -OCH3 is 2. The second kappa shape index (κ2) is 8.36. The summed E-state index contributed by atoms with van der Waals surface area (Å²) in [5.41, 5.74) is 0.365. The molecule has 2 aromatic heterocycles. The van der Waals surface area contributed by atoms with Crippen molar-refractivity contribution in [2.45, 2.75) is 13.0 Å². The highest BCUT2D eigenvalue weighted by Crippen LogP contribution is 2.20. The molecule has 0 spiro atoms. The number of nitrogens with one attached hydrogen (secondary N) is 1. The van der Waals surface area contributed by atoms with E-state index in [0.717, 1.165) is 4.57 Å². The zero-order chi connectivity index (χ0) is 21.1. The molecule has 29 heavy (non-hydrogen) atoms. The molecule has 0 aliphatic rings. The molecule has 9 heteroatoms. The van der Waals surface area contributed by atoms with Gasteiger partial charge in [0.05, 0.1) is 12.5 Å². The second-order valence-electron chi connectivity index (χ2n) is 6.66. The van der Waals surface area contributed by atoms with E-state index in [1.165, 1.54) is 17.7 Å². The van der Waals surface area contributed by atoms with Crippen molar-refractivity contribution in [2.75, 3.05) is 26.1 Å². The summed E-state index contributed by atoms with van der Waals surface area (Å²) in [6, 6.07) is 8.51. The summed E-state index contributed by atoms with van der Waals surface area (Å²) < 4.78 is 14.4. The fraction of sp³-hybridized carbons (Fsp3) is 0.350. The van der Waals surface area contributed by atoms with Crippen molar-refractivity contribution in [2.24, 2.45) is 14.1 Å². The molecule has 0 aliphatic carbocycles. The fourth-order valence-corrected chi connectivity index (χ4v) is 3.32. The second-order valence-corrected chi connectivity index (χ2v) is 6.66.